The van der Waals surface area contributed by atoms with Crippen LogP contribution in [0.25, 0.3) is 0 Å². The molecular weight excluding hydrogens is 238 g/mol. The SMILES string of the molecule is CC(C)NCc1cc(CN(C)C(C)C(C)(C)C)on1. The standard InChI is InChI=1S/C15H29N3O/c1-11(2)16-9-13-8-14(19-17-13)10-18(7)12(3)15(4,5)6/h8,11-12,16H,9-10H2,1-7H3. The highest BCUT2D eigenvalue weighted by Crippen LogP contribution is 2.24. The molecule has 0 spiro atoms. The number of nitrogens with one attached hydrogen (secondary N) is 1. The maximum absolute atomic E-state index is 5.40. The minimum atomic E-state index is 0.261. The molecular formula is C15H29N3O. The van der Waals surface area contributed by atoms with Gasteiger partial charge in [-0.3, -0.25) is 4.90 Å². The van der Waals surface area contributed by atoms with Crippen molar-refractivity contribution in [3.05, 3.63) is 17.5 Å². The molecule has 19 heavy (non-hydrogen) atoms. The first kappa shape index (κ1) is 16.2. The fourth-order valence-electron chi connectivity index (χ4n) is 1.87. The van der Waals surface area contributed by atoms with E-state index < -0.39 is 0 Å². The van der Waals surface area contributed by atoms with Crippen LogP contribution in [0.2, 0.25) is 0 Å². The molecule has 0 saturated heterocycles. The summed E-state index contributed by atoms with van der Waals surface area (Å²) < 4.78 is 5.40. The van der Waals surface area contributed by atoms with Gasteiger partial charge in [0.15, 0.2) is 5.76 Å². The van der Waals surface area contributed by atoms with Crippen LogP contribution < -0.4 is 5.32 Å². The zero-order chi connectivity index (χ0) is 14.6. The summed E-state index contributed by atoms with van der Waals surface area (Å²) >= 11 is 0. The van der Waals surface area contributed by atoms with Crippen molar-refractivity contribution in [1.82, 2.24) is 15.4 Å². The fraction of sp³-hybridized carbons (Fsp3) is 0.800. The topological polar surface area (TPSA) is 41.3 Å². The van der Waals surface area contributed by atoms with Gasteiger partial charge in [0.05, 0.1) is 12.2 Å². The molecule has 0 aliphatic carbocycles. The number of nitrogens with zero attached hydrogens (tertiary/aromatic N) is 2. The summed E-state index contributed by atoms with van der Waals surface area (Å²) in [6.45, 7) is 14.8. The molecule has 110 valence electrons. The van der Waals surface area contributed by atoms with E-state index in [1.165, 1.54) is 0 Å². The highest BCUT2D eigenvalue weighted by atomic mass is 16.5. The molecule has 0 aromatic carbocycles. The molecule has 4 heteroatoms. The quantitative estimate of drug-likeness (QED) is 0.860. The van der Waals surface area contributed by atoms with Gasteiger partial charge in [-0.1, -0.05) is 39.8 Å². The lowest BCUT2D eigenvalue weighted by Gasteiger charge is -2.34. The van der Waals surface area contributed by atoms with Crippen molar-refractivity contribution in [1.29, 1.82) is 0 Å². The second kappa shape index (κ2) is 6.53. The molecule has 1 unspecified atom stereocenters. The van der Waals surface area contributed by atoms with E-state index in [0.29, 0.717) is 12.1 Å². The summed E-state index contributed by atoms with van der Waals surface area (Å²) in [5, 5.41) is 7.44. The first-order valence-corrected chi connectivity index (χ1v) is 7.08. The monoisotopic (exact) mass is 267 g/mol. The van der Waals surface area contributed by atoms with Crippen LogP contribution in [-0.4, -0.2) is 29.2 Å². The van der Waals surface area contributed by atoms with Crippen LogP contribution in [0.15, 0.2) is 10.6 Å². The van der Waals surface area contributed by atoms with E-state index in [0.717, 1.165) is 24.5 Å². The van der Waals surface area contributed by atoms with Crippen LogP contribution in [0.1, 0.15) is 53.0 Å². The summed E-state index contributed by atoms with van der Waals surface area (Å²) in [6.07, 6.45) is 0. The molecule has 0 bridgehead atoms. The van der Waals surface area contributed by atoms with Gasteiger partial charge in [0.2, 0.25) is 0 Å². The molecule has 1 atom stereocenters. The predicted octanol–water partition coefficient (Wildman–Crippen LogP) is 3.04. The lowest BCUT2D eigenvalue weighted by Crippen LogP contribution is -2.38. The molecule has 0 fully saturated rings. The van der Waals surface area contributed by atoms with Crippen molar-refractivity contribution in [3.8, 4) is 0 Å². The largest absolute Gasteiger partial charge is 0.360 e. The Morgan fingerprint density at radius 2 is 1.95 bits per heavy atom. The summed E-state index contributed by atoms with van der Waals surface area (Å²) in [7, 11) is 2.13. The van der Waals surface area contributed by atoms with E-state index in [9.17, 15) is 0 Å². The lowest BCUT2D eigenvalue weighted by molar-refractivity contribution is 0.124. The molecule has 1 N–H and O–H groups in total. The van der Waals surface area contributed by atoms with Gasteiger partial charge in [0, 0.05) is 24.7 Å². The summed E-state index contributed by atoms with van der Waals surface area (Å²) in [5.74, 6) is 0.930. The first-order valence-electron chi connectivity index (χ1n) is 7.08. The Balaban J connectivity index is 2.53. The second-order valence-electron chi connectivity index (χ2n) is 6.78. The van der Waals surface area contributed by atoms with Crippen LogP contribution in [0, 0.1) is 5.41 Å². The minimum absolute atomic E-state index is 0.261. The summed E-state index contributed by atoms with van der Waals surface area (Å²) in [4.78, 5) is 2.31. The van der Waals surface area contributed by atoms with Gasteiger partial charge >= 0.3 is 0 Å². The van der Waals surface area contributed by atoms with Gasteiger partial charge in [-0.25, -0.2) is 0 Å². The van der Waals surface area contributed by atoms with Crippen molar-refractivity contribution < 1.29 is 4.52 Å². The molecule has 1 aromatic heterocycles. The zero-order valence-corrected chi connectivity index (χ0v) is 13.4. The van der Waals surface area contributed by atoms with Gasteiger partial charge in [0.25, 0.3) is 0 Å². The van der Waals surface area contributed by atoms with Crippen molar-refractivity contribution in [2.75, 3.05) is 7.05 Å². The molecule has 4 nitrogen and oxygen atoms in total. The molecule has 0 aliphatic heterocycles. The normalized spacial score (nSPS) is 14.4. The maximum Gasteiger partial charge on any atom is 0.151 e. The molecule has 1 aromatic rings. The Kier molecular flexibility index (Phi) is 5.56. The smallest absolute Gasteiger partial charge is 0.151 e. The van der Waals surface area contributed by atoms with Crippen LogP contribution in [0.4, 0.5) is 0 Å². The zero-order valence-electron chi connectivity index (χ0n) is 13.4. The van der Waals surface area contributed by atoms with Crippen LogP contribution >= 0.6 is 0 Å². The average Bonchev–Trinajstić information content (AvgIpc) is 2.71. The Labute approximate surface area is 117 Å². The number of rotatable bonds is 6. The van der Waals surface area contributed by atoms with Crippen molar-refractivity contribution in [2.45, 2.75) is 66.7 Å². The van der Waals surface area contributed by atoms with E-state index >= 15 is 0 Å². The fourth-order valence-corrected chi connectivity index (χ4v) is 1.87. The Morgan fingerprint density at radius 3 is 2.47 bits per heavy atom. The van der Waals surface area contributed by atoms with Crippen molar-refractivity contribution in [3.63, 3.8) is 0 Å². The van der Waals surface area contributed by atoms with E-state index in [2.05, 4.69) is 64.0 Å². The van der Waals surface area contributed by atoms with Crippen molar-refractivity contribution in [2.24, 2.45) is 5.41 Å². The number of aromatic nitrogens is 1. The third-order valence-electron chi connectivity index (χ3n) is 3.62. The van der Waals surface area contributed by atoms with Crippen LogP contribution in [-0.2, 0) is 13.1 Å². The van der Waals surface area contributed by atoms with Crippen LogP contribution in [0.5, 0.6) is 0 Å². The molecule has 1 rings (SSSR count). The van der Waals surface area contributed by atoms with Crippen LogP contribution in [0.3, 0.4) is 0 Å². The molecule has 1 heterocycles. The molecule has 0 aliphatic rings. The number of hydrogen-bond donors (Lipinski definition) is 1. The van der Waals surface area contributed by atoms with Gasteiger partial charge < -0.3 is 9.84 Å². The lowest BCUT2D eigenvalue weighted by atomic mass is 9.87. The van der Waals surface area contributed by atoms with E-state index in [1.807, 2.05) is 6.07 Å². The van der Waals surface area contributed by atoms with Gasteiger partial charge in [-0.05, 0) is 19.4 Å². The maximum atomic E-state index is 5.40. The Bertz CT molecular complexity index is 379. The minimum Gasteiger partial charge on any atom is -0.360 e. The predicted molar refractivity (Wildman–Crippen MR) is 78.9 cm³/mol. The molecule has 0 radical (unpaired) electrons. The highest BCUT2D eigenvalue weighted by Gasteiger charge is 2.24. The molecule has 0 amide bonds. The Morgan fingerprint density at radius 1 is 1.32 bits per heavy atom. The second-order valence-corrected chi connectivity index (χ2v) is 6.78. The summed E-state index contributed by atoms with van der Waals surface area (Å²) in [5.41, 5.74) is 1.23. The van der Waals surface area contributed by atoms with E-state index in [4.69, 9.17) is 4.52 Å². The highest BCUT2D eigenvalue weighted by molar-refractivity contribution is 5.05. The van der Waals surface area contributed by atoms with Gasteiger partial charge in [0.1, 0.15) is 0 Å². The van der Waals surface area contributed by atoms with Gasteiger partial charge in [-0.15, -0.1) is 0 Å². The number of hydrogen-bond acceptors (Lipinski definition) is 4. The average molecular weight is 267 g/mol. The first-order chi connectivity index (χ1) is 8.70. The van der Waals surface area contributed by atoms with Gasteiger partial charge in [-0.2, -0.15) is 0 Å². The summed E-state index contributed by atoms with van der Waals surface area (Å²) in [6, 6.07) is 2.99. The third kappa shape index (κ3) is 5.33. The third-order valence-corrected chi connectivity index (χ3v) is 3.62. The van der Waals surface area contributed by atoms with E-state index in [1.54, 1.807) is 0 Å². The Hall–Kier alpha value is -0.870. The van der Waals surface area contributed by atoms with Crippen molar-refractivity contribution >= 4 is 0 Å². The van der Waals surface area contributed by atoms with E-state index in [-0.39, 0.29) is 5.41 Å². The molecule has 0 saturated carbocycles.